The molecule has 2 aliphatic heterocycles. The van der Waals surface area contributed by atoms with Gasteiger partial charge in [0.05, 0.1) is 25.4 Å². The second-order valence-electron chi connectivity index (χ2n) is 5.76. The zero-order chi connectivity index (χ0) is 17.0. The highest BCUT2D eigenvalue weighted by Crippen LogP contribution is 2.47. The maximum absolute atomic E-state index is 12.3. The van der Waals surface area contributed by atoms with Gasteiger partial charge in [0.1, 0.15) is 11.7 Å². The zero-order valence-electron chi connectivity index (χ0n) is 13.6. The summed E-state index contributed by atoms with van der Waals surface area (Å²) in [7, 11) is 2.47. The van der Waals surface area contributed by atoms with Gasteiger partial charge in [0.15, 0.2) is 5.78 Å². The van der Waals surface area contributed by atoms with E-state index in [0.717, 1.165) is 19.3 Å². The highest BCUT2D eigenvalue weighted by atomic mass is 16.6. The van der Waals surface area contributed by atoms with Crippen LogP contribution in [-0.4, -0.2) is 43.6 Å². The van der Waals surface area contributed by atoms with Crippen molar-refractivity contribution in [3.05, 3.63) is 23.8 Å². The van der Waals surface area contributed by atoms with E-state index < -0.39 is 23.6 Å². The fourth-order valence-electron chi connectivity index (χ4n) is 3.31. The predicted molar refractivity (Wildman–Crippen MR) is 81.6 cm³/mol. The second-order valence-corrected chi connectivity index (χ2v) is 5.76. The molecular formula is C17H22O6. The molecule has 0 aromatic heterocycles. The molecule has 2 atom stereocenters. The Hall–Kier alpha value is -1.95. The molecule has 0 saturated carbocycles. The fraction of sp³-hybridized carbons (Fsp3) is 0.588. The average Bonchev–Trinajstić information content (AvgIpc) is 2.85. The highest BCUT2D eigenvalue weighted by Gasteiger charge is 2.57. The summed E-state index contributed by atoms with van der Waals surface area (Å²) in [6.07, 6.45) is 4.56. The number of allylic oxidation sites excluding steroid dienone is 1. The number of esters is 2. The van der Waals surface area contributed by atoms with Gasteiger partial charge in [-0.1, -0.05) is 6.08 Å². The molecule has 0 amide bonds. The van der Waals surface area contributed by atoms with Gasteiger partial charge in [-0.05, 0) is 32.1 Å². The molecule has 0 aliphatic carbocycles. The van der Waals surface area contributed by atoms with Crippen molar-refractivity contribution in [2.24, 2.45) is 0 Å². The smallest absolute Gasteiger partial charge is 0.337 e. The van der Waals surface area contributed by atoms with E-state index in [1.165, 1.54) is 14.2 Å². The molecule has 1 fully saturated rings. The summed E-state index contributed by atoms with van der Waals surface area (Å²) in [6, 6.07) is 0. The van der Waals surface area contributed by atoms with Crippen LogP contribution in [0.2, 0.25) is 0 Å². The lowest BCUT2D eigenvalue weighted by Gasteiger charge is -2.34. The van der Waals surface area contributed by atoms with Gasteiger partial charge in [0, 0.05) is 6.42 Å². The molecule has 2 aliphatic rings. The molecule has 126 valence electrons. The Labute approximate surface area is 135 Å². The van der Waals surface area contributed by atoms with Crippen LogP contribution >= 0.6 is 0 Å². The molecule has 1 saturated heterocycles. The number of carbonyl (C=O) groups is 3. The summed E-state index contributed by atoms with van der Waals surface area (Å²) in [5.74, 6) is -1.55. The van der Waals surface area contributed by atoms with Gasteiger partial charge < -0.3 is 14.2 Å². The molecule has 0 N–H and O–H groups in total. The SMILES string of the molecule is C=CCCCC[C@]12CCC(=O)[C@H](O1)C(C(=O)OC)=C2C(=O)OC. The quantitative estimate of drug-likeness (QED) is 0.404. The number of fused-ring (bicyclic) bond motifs is 2. The third-order valence-corrected chi connectivity index (χ3v) is 4.43. The normalized spacial score (nSPS) is 26.2. The Morgan fingerprint density at radius 1 is 1.30 bits per heavy atom. The number of hydrogen-bond acceptors (Lipinski definition) is 6. The number of rotatable bonds is 7. The van der Waals surface area contributed by atoms with Crippen LogP contribution in [0.25, 0.3) is 0 Å². The minimum absolute atomic E-state index is 0.00516. The van der Waals surface area contributed by atoms with Gasteiger partial charge in [-0.25, -0.2) is 9.59 Å². The van der Waals surface area contributed by atoms with Crippen molar-refractivity contribution in [3.63, 3.8) is 0 Å². The Balaban J connectivity index is 2.41. The van der Waals surface area contributed by atoms with Gasteiger partial charge in [0.25, 0.3) is 0 Å². The maximum atomic E-state index is 12.3. The molecule has 2 rings (SSSR count). The first-order chi connectivity index (χ1) is 11.0. The number of methoxy groups -OCH3 is 2. The standard InChI is InChI=1S/C17H22O6/c1-4-5-6-7-9-17-10-8-11(18)14(23-17)12(15(19)21-2)13(17)16(20)22-3/h4,14H,1,5-10H2,2-3H3/t14-,17+/m0/s1. The average molecular weight is 322 g/mol. The Morgan fingerprint density at radius 2 is 2.00 bits per heavy atom. The van der Waals surface area contributed by atoms with Crippen LogP contribution in [0, 0.1) is 0 Å². The van der Waals surface area contributed by atoms with E-state index >= 15 is 0 Å². The second kappa shape index (κ2) is 7.08. The lowest BCUT2D eigenvalue weighted by Crippen LogP contribution is -2.42. The third-order valence-electron chi connectivity index (χ3n) is 4.43. The van der Waals surface area contributed by atoms with Crippen molar-refractivity contribution < 1.29 is 28.6 Å². The molecule has 6 heteroatoms. The van der Waals surface area contributed by atoms with E-state index in [4.69, 9.17) is 14.2 Å². The lowest BCUT2D eigenvalue weighted by molar-refractivity contribution is -0.151. The van der Waals surface area contributed by atoms with Crippen molar-refractivity contribution in [2.45, 2.75) is 50.2 Å². The Bertz CT molecular complexity index is 561. The molecule has 23 heavy (non-hydrogen) atoms. The first kappa shape index (κ1) is 17.4. The maximum Gasteiger partial charge on any atom is 0.337 e. The van der Waals surface area contributed by atoms with Gasteiger partial charge in [0.2, 0.25) is 0 Å². The minimum Gasteiger partial charge on any atom is -0.466 e. The third kappa shape index (κ3) is 3.08. The summed E-state index contributed by atoms with van der Waals surface area (Å²) < 4.78 is 15.5. The topological polar surface area (TPSA) is 78.9 Å². The van der Waals surface area contributed by atoms with Crippen LogP contribution in [0.15, 0.2) is 23.8 Å². The van der Waals surface area contributed by atoms with E-state index in [0.29, 0.717) is 12.8 Å². The summed E-state index contributed by atoms with van der Waals surface area (Å²) >= 11 is 0. The molecular weight excluding hydrogens is 300 g/mol. The summed E-state index contributed by atoms with van der Waals surface area (Å²) in [5.41, 5.74) is -0.775. The van der Waals surface area contributed by atoms with Crippen molar-refractivity contribution >= 4 is 17.7 Å². The highest BCUT2D eigenvalue weighted by molar-refractivity contribution is 6.09. The number of ether oxygens (including phenoxy) is 3. The van der Waals surface area contributed by atoms with Crippen molar-refractivity contribution in [1.29, 1.82) is 0 Å². The summed E-state index contributed by atoms with van der Waals surface area (Å²) in [5, 5.41) is 0. The number of unbranched alkanes of at least 4 members (excludes halogenated alkanes) is 2. The van der Waals surface area contributed by atoms with Crippen molar-refractivity contribution in [3.8, 4) is 0 Å². The van der Waals surface area contributed by atoms with E-state index in [9.17, 15) is 14.4 Å². The Morgan fingerprint density at radius 3 is 2.61 bits per heavy atom. The fourth-order valence-corrected chi connectivity index (χ4v) is 3.31. The van der Waals surface area contributed by atoms with E-state index in [2.05, 4.69) is 6.58 Å². The summed E-state index contributed by atoms with van der Waals surface area (Å²) in [4.78, 5) is 36.5. The minimum atomic E-state index is -1.02. The first-order valence-electron chi connectivity index (χ1n) is 7.73. The largest absolute Gasteiger partial charge is 0.466 e. The van der Waals surface area contributed by atoms with E-state index in [-0.39, 0.29) is 23.4 Å². The van der Waals surface area contributed by atoms with E-state index in [1.807, 2.05) is 6.08 Å². The van der Waals surface area contributed by atoms with Crippen LogP contribution < -0.4 is 0 Å². The van der Waals surface area contributed by atoms with Crippen LogP contribution in [0.4, 0.5) is 0 Å². The van der Waals surface area contributed by atoms with Crippen LogP contribution in [0.1, 0.15) is 38.5 Å². The monoisotopic (exact) mass is 322 g/mol. The molecule has 2 heterocycles. The van der Waals surface area contributed by atoms with Crippen LogP contribution in [-0.2, 0) is 28.6 Å². The van der Waals surface area contributed by atoms with Crippen LogP contribution in [0.5, 0.6) is 0 Å². The molecule has 6 nitrogen and oxygen atoms in total. The number of Topliss-reactive ketones (excluding diaryl/α,β-unsaturated/α-hetero) is 1. The van der Waals surface area contributed by atoms with Crippen molar-refractivity contribution in [2.75, 3.05) is 14.2 Å². The molecule has 0 spiro atoms. The lowest BCUT2D eigenvalue weighted by atomic mass is 9.83. The first-order valence-corrected chi connectivity index (χ1v) is 7.73. The van der Waals surface area contributed by atoms with Gasteiger partial charge >= 0.3 is 11.9 Å². The Kier molecular flexibility index (Phi) is 5.36. The zero-order valence-corrected chi connectivity index (χ0v) is 13.6. The molecule has 0 aromatic carbocycles. The molecule has 2 bridgehead atoms. The number of ketones is 1. The van der Waals surface area contributed by atoms with E-state index in [1.54, 1.807) is 0 Å². The van der Waals surface area contributed by atoms with Crippen LogP contribution in [0.3, 0.4) is 0 Å². The number of carbonyl (C=O) groups excluding carboxylic acids is 3. The molecule has 0 aromatic rings. The molecule has 0 unspecified atom stereocenters. The molecule has 0 radical (unpaired) electrons. The van der Waals surface area contributed by atoms with Gasteiger partial charge in [-0.2, -0.15) is 0 Å². The number of hydrogen-bond donors (Lipinski definition) is 0. The predicted octanol–water partition coefficient (Wildman–Crippen LogP) is 1.88. The summed E-state index contributed by atoms with van der Waals surface area (Å²) in [6.45, 7) is 3.68. The van der Waals surface area contributed by atoms with Gasteiger partial charge in [-0.3, -0.25) is 4.79 Å². The van der Waals surface area contributed by atoms with Crippen molar-refractivity contribution in [1.82, 2.24) is 0 Å². The van der Waals surface area contributed by atoms with Gasteiger partial charge in [-0.15, -0.1) is 6.58 Å².